The van der Waals surface area contributed by atoms with E-state index in [-0.39, 0.29) is 23.1 Å². The fourth-order valence-electron chi connectivity index (χ4n) is 4.40. The quantitative estimate of drug-likeness (QED) is 0.703. The molecule has 0 aromatic heterocycles. The minimum Gasteiger partial charge on any atom is -0.478 e. The van der Waals surface area contributed by atoms with Gasteiger partial charge in [0.15, 0.2) is 0 Å². The van der Waals surface area contributed by atoms with Gasteiger partial charge < -0.3 is 20.2 Å². The van der Waals surface area contributed by atoms with E-state index in [1.54, 1.807) is 36.4 Å². The lowest BCUT2D eigenvalue weighted by Gasteiger charge is -2.37. The van der Waals surface area contributed by atoms with Crippen molar-refractivity contribution in [2.45, 2.75) is 19.3 Å². The molecule has 2 amide bonds. The molecule has 174 valence electrons. The number of hydrogen-bond donors (Lipinski definition) is 2. The molecule has 0 bridgehead atoms. The van der Waals surface area contributed by atoms with Gasteiger partial charge in [0.2, 0.25) is 5.91 Å². The molecule has 8 nitrogen and oxygen atoms in total. The number of piperazine rings is 1. The highest BCUT2D eigenvalue weighted by Gasteiger charge is 2.24. The van der Waals surface area contributed by atoms with E-state index in [0.29, 0.717) is 25.2 Å². The minimum absolute atomic E-state index is 0.0551. The summed E-state index contributed by atoms with van der Waals surface area (Å²) in [5.41, 5.74) is 1.59. The van der Waals surface area contributed by atoms with Gasteiger partial charge in [-0.1, -0.05) is 18.2 Å². The summed E-state index contributed by atoms with van der Waals surface area (Å²) in [7, 11) is 0. The Morgan fingerprint density at radius 3 is 2.21 bits per heavy atom. The maximum atomic E-state index is 12.5. The molecular weight excluding hydrogens is 420 g/mol. The van der Waals surface area contributed by atoms with Crippen LogP contribution >= 0.6 is 0 Å². The SMILES string of the molecule is O=C(Nc1ccc(N2CCN(CC(=O)N3CCCCC3)CC2)cc1C(=O)O)c1ccccc1. The number of nitrogens with zero attached hydrogens (tertiary/aromatic N) is 3. The molecule has 0 atom stereocenters. The molecule has 2 aromatic carbocycles. The van der Waals surface area contributed by atoms with Crippen molar-refractivity contribution in [3.63, 3.8) is 0 Å². The van der Waals surface area contributed by atoms with Crippen LogP contribution in [0.15, 0.2) is 48.5 Å². The Balaban J connectivity index is 1.37. The van der Waals surface area contributed by atoms with E-state index >= 15 is 0 Å². The van der Waals surface area contributed by atoms with Crippen molar-refractivity contribution in [3.05, 3.63) is 59.7 Å². The third-order valence-electron chi connectivity index (χ3n) is 6.32. The van der Waals surface area contributed by atoms with Crippen LogP contribution in [0.1, 0.15) is 40.0 Å². The summed E-state index contributed by atoms with van der Waals surface area (Å²) in [6.07, 6.45) is 3.38. The number of aromatic carboxylic acids is 1. The molecule has 2 N–H and O–H groups in total. The number of anilines is 2. The Kier molecular flexibility index (Phi) is 7.24. The van der Waals surface area contributed by atoms with Crippen molar-refractivity contribution in [2.75, 3.05) is 56.0 Å². The second kappa shape index (κ2) is 10.5. The highest BCUT2D eigenvalue weighted by molar-refractivity contribution is 6.08. The van der Waals surface area contributed by atoms with Crippen LogP contribution in [0.2, 0.25) is 0 Å². The van der Waals surface area contributed by atoms with Gasteiger partial charge in [0, 0.05) is 50.5 Å². The van der Waals surface area contributed by atoms with Crippen molar-refractivity contribution in [1.82, 2.24) is 9.80 Å². The van der Waals surface area contributed by atoms with Crippen molar-refractivity contribution in [1.29, 1.82) is 0 Å². The lowest BCUT2D eigenvalue weighted by Crippen LogP contribution is -2.50. The maximum absolute atomic E-state index is 12.5. The second-order valence-corrected chi connectivity index (χ2v) is 8.56. The molecule has 0 saturated carbocycles. The van der Waals surface area contributed by atoms with E-state index in [4.69, 9.17) is 0 Å². The van der Waals surface area contributed by atoms with Gasteiger partial charge in [-0.2, -0.15) is 0 Å². The van der Waals surface area contributed by atoms with Crippen molar-refractivity contribution in [2.24, 2.45) is 0 Å². The standard InChI is InChI=1S/C25H30N4O4/c30-23(29-11-5-2-6-12-29)18-27-13-15-28(16-14-27)20-9-10-22(21(17-20)25(32)33)26-24(31)19-7-3-1-4-8-19/h1,3-4,7-10,17H,2,5-6,11-16,18H2,(H,26,31)(H,32,33). The molecular formula is C25H30N4O4. The van der Waals surface area contributed by atoms with E-state index < -0.39 is 5.97 Å². The third kappa shape index (κ3) is 5.70. The van der Waals surface area contributed by atoms with Crippen LogP contribution in [0.25, 0.3) is 0 Å². The van der Waals surface area contributed by atoms with Gasteiger partial charge >= 0.3 is 5.97 Å². The zero-order valence-electron chi connectivity index (χ0n) is 18.7. The summed E-state index contributed by atoms with van der Waals surface area (Å²) in [6.45, 7) is 5.08. The van der Waals surface area contributed by atoms with E-state index in [1.807, 2.05) is 17.0 Å². The summed E-state index contributed by atoms with van der Waals surface area (Å²) in [5, 5.41) is 12.4. The second-order valence-electron chi connectivity index (χ2n) is 8.56. The van der Waals surface area contributed by atoms with Crippen LogP contribution in [-0.2, 0) is 4.79 Å². The summed E-state index contributed by atoms with van der Waals surface area (Å²) >= 11 is 0. The molecule has 0 aliphatic carbocycles. The van der Waals surface area contributed by atoms with Gasteiger partial charge in [0.1, 0.15) is 0 Å². The number of nitrogens with one attached hydrogen (secondary N) is 1. The number of carbonyl (C=O) groups is 3. The van der Waals surface area contributed by atoms with Crippen LogP contribution in [0.3, 0.4) is 0 Å². The summed E-state index contributed by atoms with van der Waals surface area (Å²) in [6, 6.07) is 13.8. The first-order valence-corrected chi connectivity index (χ1v) is 11.5. The topological polar surface area (TPSA) is 93.2 Å². The smallest absolute Gasteiger partial charge is 0.337 e. The molecule has 2 aliphatic rings. The summed E-state index contributed by atoms with van der Waals surface area (Å²) in [5.74, 6) is -1.24. The Hall–Kier alpha value is -3.39. The largest absolute Gasteiger partial charge is 0.478 e. The normalized spacial score (nSPS) is 17.0. The number of carboxylic acid groups (broad SMARTS) is 1. The fourth-order valence-corrected chi connectivity index (χ4v) is 4.40. The highest BCUT2D eigenvalue weighted by atomic mass is 16.4. The van der Waals surface area contributed by atoms with E-state index in [0.717, 1.165) is 44.7 Å². The number of carboxylic acids is 1. The number of rotatable bonds is 6. The number of carbonyl (C=O) groups excluding carboxylic acids is 2. The molecule has 2 fully saturated rings. The molecule has 2 aliphatic heterocycles. The molecule has 33 heavy (non-hydrogen) atoms. The fraction of sp³-hybridized carbons (Fsp3) is 0.400. The first kappa shape index (κ1) is 22.8. The highest BCUT2D eigenvalue weighted by Crippen LogP contribution is 2.25. The molecule has 8 heteroatoms. The monoisotopic (exact) mass is 450 g/mol. The Bertz CT molecular complexity index is 997. The Morgan fingerprint density at radius 1 is 0.848 bits per heavy atom. The average molecular weight is 451 g/mol. The lowest BCUT2D eigenvalue weighted by molar-refractivity contribution is -0.133. The van der Waals surface area contributed by atoms with E-state index in [1.165, 1.54) is 6.42 Å². The Labute approximate surface area is 193 Å². The predicted octanol–water partition coefficient (Wildman–Crippen LogP) is 2.77. The molecule has 4 rings (SSSR count). The van der Waals surface area contributed by atoms with Gasteiger partial charge in [0.05, 0.1) is 17.8 Å². The predicted molar refractivity (Wildman–Crippen MR) is 127 cm³/mol. The first-order valence-electron chi connectivity index (χ1n) is 11.5. The maximum Gasteiger partial charge on any atom is 0.337 e. The molecule has 2 aromatic rings. The number of likely N-dealkylation sites (tertiary alicyclic amines) is 1. The van der Waals surface area contributed by atoms with Crippen molar-refractivity contribution >= 4 is 29.2 Å². The Morgan fingerprint density at radius 2 is 1.55 bits per heavy atom. The third-order valence-corrected chi connectivity index (χ3v) is 6.32. The van der Waals surface area contributed by atoms with Gasteiger partial charge in [-0.05, 0) is 49.6 Å². The van der Waals surface area contributed by atoms with Crippen LogP contribution in [0.4, 0.5) is 11.4 Å². The number of amides is 2. The summed E-state index contributed by atoms with van der Waals surface area (Å²) in [4.78, 5) is 43.1. The van der Waals surface area contributed by atoms with Crippen LogP contribution < -0.4 is 10.2 Å². The van der Waals surface area contributed by atoms with Crippen LogP contribution in [0, 0.1) is 0 Å². The average Bonchev–Trinajstić information content (AvgIpc) is 2.85. The van der Waals surface area contributed by atoms with Crippen molar-refractivity contribution in [3.8, 4) is 0 Å². The van der Waals surface area contributed by atoms with Crippen molar-refractivity contribution < 1.29 is 19.5 Å². The molecule has 2 heterocycles. The van der Waals surface area contributed by atoms with Crippen LogP contribution in [-0.4, -0.2) is 78.5 Å². The summed E-state index contributed by atoms with van der Waals surface area (Å²) < 4.78 is 0. The lowest BCUT2D eigenvalue weighted by atomic mass is 10.1. The molecule has 0 spiro atoms. The number of piperidine rings is 1. The first-order chi connectivity index (χ1) is 16.0. The minimum atomic E-state index is -1.09. The van der Waals surface area contributed by atoms with E-state index in [9.17, 15) is 19.5 Å². The van der Waals surface area contributed by atoms with E-state index in [2.05, 4.69) is 15.1 Å². The van der Waals surface area contributed by atoms with Gasteiger partial charge in [-0.3, -0.25) is 14.5 Å². The molecule has 0 radical (unpaired) electrons. The zero-order valence-corrected chi connectivity index (χ0v) is 18.7. The molecule has 0 unspecified atom stereocenters. The van der Waals surface area contributed by atoms with Crippen LogP contribution in [0.5, 0.6) is 0 Å². The van der Waals surface area contributed by atoms with Gasteiger partial charge in [0.25, 0.3) is 5.91 Å². The van der Waals surface area contributed by atoms with Gasteiger partial charge in [-0.25, -0.2) is 4.79 Å². The molecule has 2 saturated heterocycles. The number of hydrogen-bond acceptors (Lipinski definition) is 5. The van der Waals surface area contributed by atoms with Gasteiger partial charge in [-0.15, -0.1) is 0 Å². The number of benzene rings is 2. The zero-order chi connectivity index (χ0) is 23.2.